The topological polar surface area (TPSA) is 95.0 Å². The average molecular weight is 523 g/mol. The second kappa shape index (κ2) is 12.9. The minimum atomic E-state index is -0.976. The molecule has 196 valence electrons. The van der Waals surface area contributed by atoms with E-state index in [-0.39, 0.29) is 11.5 Å². The summed E-state index contributed by atoms with van der Waals surface area (Å²) in [7, 11) is 3.89. The number of carbonyl (C=O) groups excluding carboxylic acids is 1. The number of likely N-dealkylation sites (N-methyl/N-ethyl adjacent to an activating group) is 1. The van der Waals surface area contributed by atoms with E-state index in [4.69, 9.17) is 4.74 Å². The number of fused-ring (bicyclic) bond motifs is 1. The van der Waals surface area contributed by atoms with Crippen LogP contribution >= 0.6 is 11.3 Å². The molecule has 1 amide bonds. The van der Waals surface area contributed by atoms with Crippen LogP contribution in [0.2, 0.25) is 0 Å². The Morgan fingerprint density at radius 2 is 2.03 bits per heavy atom. The summed E-state index contributed by atoms with van der Waals surface area (Å²) in [4.78, 5) is 33.8. The third-order valence-electron chi connectivity index (χ3n) is 6.26. The molecule has 1 aliphatic heterocycles. The molecule has 1 atom stereocenters. The van der Waals surface area contributed by atoms with Crippen LogP contribution in [0.4, 0.5) is 5.69 Å². The fraction of sp³-hybridized carbons (Fsp3) is 0.393. The summed E-state index contributed by atoms with van der Waals surface area (Å²) in [6.45, 7) is 4.24. The summed E-state index contributed by atoms with van der Waals surface area (Å²) in [6, 6.07) is 11.1. The largest absolute Gasteiger partial charge is 0.478 e. The van der Waals surface area contributed by atoms with Crippen LogP contribution in [0, 0.1) is 0 Å². The van der Waals surface area contributed by atoms with Crippen molar-refractivity contribution in [1.29, 1.82) is 0 Å². The van der Waals surface area contributed by atoms with E-state index in [2.05, 4.69) is 15.2 Å². The molecule has 0 aliphatic carbocycles. The van der Waals surface area contributed by atoms with E-state index in [9.17, 15) is 14.7 Å². The number of carbonyl (C=O) groups is 2. The monoisotopic (exact) mass is 522 g/mol. The van der Waals surface area contributed by atoms with Gasteiger partial charge in [-0.05, 0) is 69.9 Å². The number of nitrogens with one attached hydrogen (secondary N) is 1. The fourth-order valence-corrected chi connectivity index (χ4v) is 5.61. The highest BCUT2D eigenvalue weighted by Gasteiger charge is 2.22. The third-order valence-corrected chi connectivity index (χ3v) is 7.46. The number of anilines is 1. The highest BCUT2D eigenvalue weighted by Crippen LogP contribution is 2.37. The third kappa shape index (κ3) is 7.45. The number of amides is 1. The van der Waals surface area contributed by atoms with Crippen molar-refractivity contribution in [3.05, 3.63) is 70.8 Å². The zero-order valence-corrected chi connectivity index (χ0v) is 22.2. The molecule has 0 saturated carbocycles. The maximum absolute atomic E-state index is 12.4. The molecule has 1 fully saturated rings. The number of thiophene rings is 1. The number of aromatic nitrogens is 1. The first-order valence-electron chi connectivity index (χ1n) is 12.6. The van der Waals surface area contributed by atoms with Gasteiger partial charge in [-0.15, -0.1) is 11.3 Å². The molecule has 2 aromatic heterocycles. The molecule has 3 heterocycles. The minimum absolute atomic E-state index is 0.196. The average Bonchev–Trinajstić information content (AvgIpc) is 3.31. The van der Waals surface area contributed by atoms with Crippen molar-refractivity contribution in [2.75, 3.05) is 52.2 Å². The van der Waals surface area contributed by atoms with Gasteiger partial charge < -0.3 is 25.0 Å². The van der Waals surface area contributed by atoms with Crippen molar-refractivity contribution in [3.8, 4) is 0 Å². The quantitative estimate of drug-likeness (QED) is 0.354. The molecule has 1 aromatic carbocycles. The maximum Gasteiger partial charge on any atom is 0.337 e. The normalized spacial score (nSPS) is 15.4. The number of benzene rings is 1. The Kier molecular flexibility index (Phi) is 9.40. The Balaban J connectivity index is 1.58. The number of carboxylic acid groups (broad SMARTS) is 1. The SMILES string of the molecule is CN(C)C/C=C/C(=O)Nc1cccc(C(OCCN2CCCCC2)c2cc3nccc(C(=O)O)c3s2)c1. The second-order valence-electron chi connectivity index (χ2n) is 9.46. The second-order valence-corrected chi connectivity index (χ2v) is 10.5. The van der Waals surface area contributed by atoms with Gasteiger partial charge >= 0.3 is 5.97 Å². The number of hydrogen-bond acceptors (Lipinski definition) is 7. The molecular weight excluding hydrogens is 488 g/mol. The molecule has 0 radical (unpaired) electrons. The number of ether oxygens (including phenoxy) is 1. The van der Waals surface area contributed by atoms with Gasteiger partial charge in [0, 0.05) is 35.9 Å². The van der Waals surface area contributed by atoms with Crippen LogP contribution in [-0.2, 0) is 9.53 Å². The number of likely N-dealkylation sites (tertiary alicyclic amines) is 1. The van der Waals surface area contributed by atoms with E-state index in [0.29, 0.717) is 29.1 Å². The number of piperidine rings is 1. The first kappa shape index (κ1) is 26.9. The summed E-state index contributed by atoms with van der Waals surface area (Å²) in [5, 5.41) is 12.6. The molecule has 37 heavy (non-hydrogen) atoms. The van der Waals surface area contributed by atoms with Crippen LogP contribution < -0.4 is 5.32 Å². The maximum atomic E-state index is 12.4. The predicted molar refractivity (Wildman–Crippen MR) is 147 cm³/mol. The van der Waals surface area contributed by atoms with Gasteiger partial charge in [-0.25, -0.2) is 4.79 Å². The van der Waals surface area contributed by atoms with Gasteiger partial charge in [-0.1, -0.05) is 24.6 Å². The smallest absolute Gasteiger partial charge is 0.337 e. The zero-order chi connectivity index (χ0) is 26.2. The van der Waals surface area contributed by atoms with Crippen molar-refractivity contribution in [1.82, 2.24) is 14.8 Å². The van der Waals surface area contributed by atoms with Crippen molar-refractivity contribution in [3.63, 3.8) is 0 Å². The van der Waals surface area contributed by atoms with Gasteiger partial charge in [-0.2, -0.15) is 0 Å². The van der Waals surface area contributed by atoms with Crippen LogP contribution in [0.25, 0.3) is 10.2 Å². The van der Waals surface area contributed by atoms with Gasteiger partial charge in [0.2, 0.25) is 5.91 Å². The first-order chi connectivity index (χ1) is 17.9. The highest BCUT2D eigenvalue weighted by atomic mass is 32.1. The molecule has 2 N–H and O–H groups in total. The van der Waals surface area contributed by atoms with Gasteiger partial charge in [0.1, 0.15) is 6.10 Å². The van der Waals surface area contributed by atoms with Gasteiger partial charge in [0.05, 0.1) is 22.4 Å². The van der Waals surface area contributed by atoms with Gasteiger partial charge in [0.25, 0.3) is 0 Å². The Hall–Kier alpha value is -3.11. The molecule has 9 heteroatoms. The van der Waals surface area contributed by atoms with Gasteiger partial charge in [0.15, 0.2) is 0 Å². The number of nitrogens with zero attached hydrogens (tertiary/aromatic N) is 3. The Morgan fingerprint density at radius 3 is 2.78 bits per heavy atom. The van der Waals surface area contributed by atoms with Crippen LogP contribution in [-0.4, -0.2) is 78.6 Å². The van der Waals surface area contributed by atoms with Crippen molar-refractivity contribution in [2.45, 2.75) is 25.4 Å². The van der Waals surface area contributed by atoms with E-state index >= 15 is 0 Å². The Morgan fingerprint density at radius 1 is 1.22 bits per heavy atom. The Labute approximate surface area is 221 Å². The van der Waals surface area contributed by atoms with E-state index in [1.165, 1.54) is 48.9 Å². The molecule has 1 saturated heterocycles. The van der Waals surface area contributed by atoms with E-state index < -0.39 is 12.1 Å². The fourth-order valence-electron chi connectivity index (χ4n) is 4.41. The number of aromatic carboxylic acids is 1. The van der Waals surface area contributed by atoms with E-state index in [1.54, 1.807) is 0 Å². The number of hydrogen-bond donors (Lipinski definition) is 2. The van der Waals surface area contributed by atoms with E-state index in [0.717, 1.165) is 30.1 Å². The number of carboxylic acids is 1. The lowest BCUT2D eigenvalue weighted by Crippen LogP contribution is -2.33. The molecule has 3 aromatic rings. The molecule has 8 nitrogen and oxygen atoms in total. The zero-order valence-electron chi connectivity index (χ0n) is 21.4. The molecule has 1 aliphatic rings. The minimum Gasteiger partial charge on any atom is -0.478 e. The van der Waals surface area contributed by atoms with Crippen LogP contribution in [0.1, 0.15) is 46.2 Å². The van der Waals surface area contributed by atoms with Gasteiger partial charge in [-0.3, -0.25) is 9.78 Å². The molecule has 0 spiro atoms. The lowest BCUT2D eigenvalue weighted by atomic mass is 10.1. The predicted octanol–water partition coefficient (Wildman–Crippen LogP) is 4.64. The number of pyridine rings is 1. The molecule has 1 unspecified atom stereocenters. The van der Waals surface area contributed by atoms with E-state index in [1.807, 2.05) is 55.4 Å². The van der Waals surface area contributed by atoms with Crippen LogP contribution in [0.15, 0.2) is 54.7 Å². The summed E-state index contributed by atoms with van der Waals surface area (Å²) >= 11 is 1.39. The Bertz CT molecular complexity index is 1250. The summed E-state index contributed by atoms with van der Waals surface area (Å²) in [5.41, 5.74) is 2.43. The summed E-state index contributed by atoms with van der Waals surface area (Å²) in [5.74, 6) is -1.17. The van der Waals surface area contributed by atoms with Crippen LogP contribution in [0.3, 0.4) is 0 Å². The summed E-state index contributed by atoms with van der Waals surface area (Å²) < 4.78 is 7.09. The highest BCUT2D eigenvalue weighted by molar-refractivity contribution is 7.19. The van der Waals surface area contributed by atoms with Crippen molar-refractivity contribution < 1.29 is 19.4 Å². The standard InChI is InChI=1S/C28H34N4O4S/c1-31(2)13-7-10-25(33)30-21-9-6-8-20(18-21)26(36-17-16-32-14-4-3-5-15-32)24-19-23-27(37-24)22(28(34)35)11-12-29-23/h6-12,18-19,26H,3-5,13-17H2,1-2H3,(H,30,33)(H,34,35)/b10-7+. The summed E-state index contributed by atoms with van der Waals surface area (Å²) in [6.07, 6.45) is 8.17. The molecule has 4 rings (SSSR count). The lowest BCUT2D eigenvalue weighted by Gasteiger charge is -2.27. The van der Waals surface area contributed by atoms with Crippen molar-refractivity contribution >= 4 is 39.1 Å². The van der Waals surface area contributed by atoms with Crippen molar-refractivity contribution in [2.24, 2.45) is 0 Å². The lowest BCUT2D eigenvalue weighted by molar-refractivity contribution is -0.111. The first-order valence-corrected chi connectivity index (χ1v) is 13.4. The number of rotatable bonds is 11. The molecule has 0 bridgehead atoms. The van der Waals surface area contributed by atoms with Crippen LogP contribution in [0.5, 0.6) is 0 Å². The molecular formula is C28H34N4O4S.